The number of nitrogens with one attached hydrogen (secondary N) is 2. The number of aromatic nitrogens is 3. The lowest BCUT2D eigenvalue weighted by Crippen LogP contribution is -2.37. The fourth-order valence-electron chi connectivity index (χ4n) is 2.97. The van der Waals surface area contributed by atoms with E-state index in [-0.39, 0.29) is 11.9 Å². The van der Waals surface area contributed by atoms with E-state index < -0.39 is 0 Å². The third-order valence-electron chi connectivity index (χ3n) is 4.24. The Kier molecular flexibility index (Phi) is 6.34. The van der Waals surface area contributed by atoms with E-state index in [9.17, 15) is 4.79 Å². The summed E-state index contributed by atoms with van der Waals surface area (Å²) < 4.78 is 0. The van der Waals surface area contributed by atoms with Gasteiger partial charge in [0.15, 0.2) is 0 Å². The average molecular weight is 380 g/mol. The second-order valence-corrected chi connectivity index (χ2v) is 7.49. The van der Waals surface area contributed by atoms with Gasteiger partial charge in [-0.3, -0.25) is 14.8 Å². The number of aryl methyl sites for hydroxylation is 1. The Balaban J connectivity index is 1.56. The SMILES string of the molecule is Cc1nc(SCC(=O)NCC(c2ccc(Cl)cc2)N2CCCC2)n[nH]1. The standard InChI is InChI=1S/C17H22ClN5OS/c1-12-20-17(22-21-12)25-11-16(24)19-10-15(23-8-2-3-9-23)13-4-6-14(18)7-5-13/h4-7,15H,2-3,8-11H2,1H3,(H,19,24)(H,20,21,22). The first-order chi connectivity index (χ1) is 12.1. The van der Waals surface area contributed by atoms with Gasteiger partial charge in [-0.2, -0.15) is 0 Å². The van der Waals surface area contributed by atoms with E-state index in [4.69, 9.17) is 11.6 Å². The van der Waals surface area contributed by atoms with Crippen molar-refractivity contribution in [1.82, 2.24) is 25.4 Å². The number of rotatable bonds is 7. The highest BCUT2D eigenvalue weighted by atomic mass is 35.5. The van der Waals surface area contributed by atoms with Crippen LogP contribution in [0.4, 0.5) is 0 Å². The fraction of sp³-hybridized carbons (Fsp3) is 0.471. The molecule has 8 heteroatoms. The number of benzene rings is 1. The molecule has 1 aromatic heterocycles. The van der Waals surface area contributed by atoms with Crippen LogP contribution in [-0.4, -0.2) is 51.4 Å². The largest absolute Gasteiger partial charge is 0.353 e. The Morgan fingerprint density at radius 2 is 2.08 bits per heavy atom. The summed E-state index contributed by atoms with van der Waals surface area (Å²) in [5.41, 5.74) is 1.18. The number of likely N-dealkylation sites (tertiary alicyclic amines) is 1. The Labute approximate surface area is 156 Å². The molecule has 0 aliphatic carbocycles. The summed E-state index contributed by atoms with van der Waals surface area (Å²) in [6.07, 6.45) is 2.41. The number of hydrogen-bond donors (Lipinski definition) is 2. The van der Waals surface area contributed by atoms with Crippen molar-refractivity contribution in [3.8, 4) is 0 Å². The summed E-state index contributed by atoms with van der Waals surface area (Å²) in [6.45, 7) is 4.56. The van der Waals surface area contributed by atoms with E-state index in [0.29, 0.717) is 17.5 Å². The molecule has 3 rings (SSSR count). The highest BCUT2D eigenvalue weighted by molar-refractivity contribution is 7.99. The molecule has 1 aliphatic rings. The molecule has 2 N–H and O–H groups in total. The highest BCUT2D eigenvalue weighted by Gasteiger charge is 2.24. The van der Waals surface area contributed by atoms with Crippen molar-refractivity contribution >= 4 is 29.3 Å². The first-order valence-electron chi connectivity index (χ1n) is 8.40. The Hall–Kier alpha value is -1.57. The maximum atomic E-state index is 12.2. The van der Waals surface area contributed by atoms with Crippen LogP contribution >= 0.6 is 23.4 Å². The zero-order valence-electron chi connectivity index (χ0n) is 14.2. The highest BCUT2D eigenvalue weighted by Crippen LogP contribution is 2.25. The number of hydrogen-bond acceptors (Lipinski definition) is 5. The minimum Gasteiger partial charge on any atom is -0.353 e. The van der Waals surface area contributed by atoms with Gasteiger partial charge in [0.1, 0.15) is 5.82 Å². The van der Waals surface area contributed by atoms with Gasteiger partial charge in [0, 0.05) is 11.6 Å². The summed E-state index contributed by atoms with van der Waals surface area (Å²) in [7, 11) is 0. The van der Waals surface area contributed by atoms with Gasteiger partial charge in [-0.15, -0.1) is 5.10 Å². The van der Waals surface area contributed by atoms with Gasteiger partial charge in [-0.25, -0.2) is 4.98 Å². The minimum absolute atomic E-state index is 0.00869. The quantitative estimate of drug-likeness (QED) is 0.723. The molecule has 0 spiro atoms. The zero-order valence-corrected chi connectivity index (χ0v) is 15.7. The smallest absolute Gasteiger partial charge is 0.230 e. The maximum Gasteiger partial charge on any atom is 0.230 e. The van der Waals surface area contributed by atoms with Crippen molar-refractivity contribution in [2.45, 2.75) is 31.0 Å². The summed E-state index contributed by atoms with van der Waals surface area (Å²) >= 11 is 7.34. The molecule has 1 aromatic carbocycles. The van der Waals surface area contributed by atoms with Crippen molar-refractivity contribution in [3.63, 3.8) is 0 Å². The number of amides is 1. The third kappa shape index (κ3) is 5.20. The molecule has 1 atom stereocenters. The van der Waals surface area contributed by atoms with Crippen molar-refractivity contribution in [2.24, 2.45) is 0 Å². The number of halogens is 1. The Morgan fingerprint density at radius 3 is 2.72 bits per heavy atom. The van der Waals surface area contributed by atoms with Gasteiger partial charge in [0.25, 0.3) is 0 Å². The van der Waals surface area contributed by atoms with Crippen molar-refractivity contribution in [3.05, 3.63) is 40.7 Å². The lowest BCUT2D eigenvalue weighted by Gasteiger charge is -2.28. The van der Waals surface area contributed by atoms with Gasteiger partial charge < -0.3 is 5.32 Å². The number of thioether (sulfide) groups is 1. The van der Waals surface area contributed by atoms with Crippen molar-refractivity contribution in [2.75, 3.05) is 25.4 Å². The van der Waals surface area contributed by atoms with Crippen LogP contribution in [0.5, 0.6) is 0 Å². The van der Waals surface area contributed by atoms with Gasteiger partial charge in [-0.05, 0) is 50.6 Å². The number of carbonyl (C=O) groups is 1. The predicted molar refractivity (Wildman–Crippen MR) is 99.9 cm³/mol. The summed E-state index contributed by atoms with van der Waals surface area (Å²) in [5.74, 6) is 1.05. The normalized spacial score (nSPS) is 16.1. The monoisotopic (exact) mass is 379 g/mol. The number of H-pyrrole nitrogens is 1. The van der Waals surface area contributed by atoms with Crippen LogP contribution in [0.1, 0.15) is 30.3 Å². The van der Waals surface area contributed by atoms with Crippen molar-refractivity contribution in [1.29, 1.82) is 0 Å². The van der Waals surface area contributed by atoms with Crippen molar-refractivity contribution < 1.29 is 4.79 Å². The third-order valence-corrected chi connectivity index (χ3v) is 5.34. The Morgan fingerprint density at radius 1 is 1.36 bits per heavy atom. The molecular weight excluding hydrogens is 358 g/mol. The van der Waals surface area contributed by atoms with E-state index >= 15 is 0 Å². The summed E-state index contributed by atoms with van der Waals surface area (Å²) in [6, 6.07) is 8.08. The zero-order chi connectivity index (χ0) is 17.6. The molecule has 0 bridgehead atoms. The second-order valence-electron chi connectivity index (χ2n) is 6.11. The van der Waals surface area contributed by atoms with E-state index in [0.717, 1.165) is 23.9 Å². The van der Waals surface area contributed by atoms with E-state index in [1.54, 1.807) is 0 Å². The molecule has 1 aliphatic heterocycles. The summed E-state index contributed by atoms with van der Waals surface area (Å²) in [4.78, 5) is 18.8. The van der Waals surface area contributed by atoms with Crippen LogP contribution in [-0.2, 0) is 4.79 Å². The molecule has 1 unspecified atom stereocenters. The maximum absolute atomic E-state index is 12.2. The molecule has 1 saturated heterocycles. The number of aromatic amines is 1. The van der Waals surface area contributed by atoms with Crippen LogP contribution in [0, 0.1) is 6.92 Å². The topological polar surface area (TPSA) is 73.9 Å². The summed E-state index contributed by atoms with van der Waals surface area (Å²) in [5, 5.41) is 11.2. The lowest BCUT2D eigenvalue weighted by atomic mass is 10.1. The molecule has 1 fully saturated rings. The van der Waals surface area contributed by atoms with Gasteiger partial charge >= 0.3 is 0 Å². The van der Waals surface area contributed by atoms with Crippen LogP contribution in [0.15, 0.2) is 29.4 Å². The minimum atomic E-state index is -0.00869. The van der Waals surface area contributed by atoms with E-state index in [1.807, 2.05) is 31.2 Å². The van der Waals surface area contributed by atoms with Crippen LogP contribution in [0.25, 0.3) is 0 Å². The molecule has 0 radical (unpaired) electrons. The molecule has 2 aromatic rings. The second kappa shape index (κ2) is 8.69. The van der Waals surface area contributed by atoms with Gasteiger partial charge in [0.05, 0.1) is 11.8 Å². The lowest BCUT2D eigenvalue weighted by molar-refractivity contribution is -0.118. The molecule has 2 heterocycles. The first kappa shape index (κ1) is 18.2. The van der Waals surface area contributed by atoms with Gasteiger partial charge in [0.2, 0.25) is 11.1 Å². The van der Waals surface area contributed by atoms with E-state index in [2.05, 4.69) is 25.4 Å². The van der Waals surface area contributed by atoms with E-state index in [1.165, 1.54) is 30.2 Å². The molecule has 25 heavy (non-hydrogen) atoms. The Bertz CT molecular complexity index is 699. The van der Waals surface area contributed by atoms with Gasteiger partial charge in [-0.1, -0.05) is 35.5 Å². The number of nitrogens with zero attached hydrogens (tertiary/aromatic N) is 3. The average Bonchev–Trinajstić information content (AvgIpc) is 3.27. The molecule has 134 valence electrons. The first-order valence-corrected chi connectivity index (χ1v) is 9.76. The van der Waals surface area contributed by atoms with Crippen LogP contribution < -0.4 is 5.32 Å². The molecule has 0 saturated carbocycles. The molecular formula is C17H22ClN5OS. The fourth-order valence-corrected chi connectivity index (χ4v) is 3.77. The number of carbonyl (C=O) groups excluding carboxylic acids is 1. The molecule has 6 nitrogen and oxygen atoms in total. The van der Waals surface area contributed by atoms with Crippen LogP contribution in [0.2, 0.25) is 5.02 Å². The molecule has 1 amide bonds. The predicted octanol–water partition coefficient (Wildman–Crippen LogP) is 2.81. The van der Waals surface area contributed by atoms with Crippen LogP contribution in [0.3, 0.4) is 0 Å².